The summed E-state index contributed by atoms with van der Waals surface area (Å²) in [6.07, 6.45) is 2.77. The Labute approximate surface area is 172 Å². The number of amides is 1. The number of piperazine rings is 1. The van der Waals surface area contributed by atoms with Gasteiger partial charge in [-0.05, 0) is 45.0 Å². The number of carbonyl (C=O) groups is 1. The van der Waals surface area contributed by atoms with Gasteiger partial charge in [-0.2, -0.15) is 0 Å². The Kier molecular flexibility index (Phi) is 8.20. The standard InChI is InChI=1S/C18H29N5O2.HI/c1-3-19-18(20-13-15-6-7-21(2)14-15)23-10-8-22(9-11-23)17(24)16-5-4-12-25-16;/h4-5,12,15H,3,6-11,13-14H2,1-2H3,(H,19,20);1H. The molecule has 1 aromatic rings. The van der Waals surface area contributed by atoms with Gasteiger partial charge in [-0.25, -0.2) is 0 Å². The van der Waals surface area contributed by atoms with Gasteiger partial charge in [0, 0.05) is 45.8 Å². The van der Waals surface area contributed by atoms with Crippen LogP contribution in [0, 0.1) is 5.92 Å². The highest BCUT2D eigenvalue weighted by molar-refractivity contribution is 14.0. The van der Waals surface area contributed by atoms with E-state index in [0.717, 1.165) is 38.7 Å². The number of halogens is 1. The topological polar surface area (TPSA) is 64.3 Å². The predicted molar refractivity (Wildman–Crippen MR) is 113 cm³/mol. The van der Waals surface area contributed by atoms with Crippen LogP contribution in [-0.2, 0) is 0 Å². The molecule has 3 rings (SSSR count). The van der Waals surface area contributed by atoms with Crippen LogP contribution in [0.1, 0.15) is 23.9 Å². The molecule has 1 N–H and O–H groups in total. The first-order valence-corrected chi connectivity index (χ1v) is 9.22. The van der Waals surface area contributed by atoms with Crippen molar-refractivity contribution in [1.29, 1.82) is 0 Å². The van der Waals surface area contributed by atoms with Gasteiger partial charge in [0.1, 0.15) is 0 Å². The lowest BCUT2D eigenvalue weighted by molar-refractivity contribution is 0.0657. The van der Waals surface area contributed by atoms with Crippen LogP contribution in [0.2, 0.25) is 0 Å². The molecule has 0 aromatic carbocycles. The Morgan fingerprint density at radius 2 is 2.00 bits per heavy atom. The summed E-state index contributed by atoms with van der Waals surface area (Å²) < 4.78 is 5.22. The van der Waals surface area contributed by atoms with Crippen molar-refractivity contribution in [1.82, 2.24) is 20.0 Å². The summed E-state index contributed by atoms with van der Waals surface area (Å²) in [4.78, 5) is 23.7. The van der Waals surface area contributed by atoms with Crippen LogP contribution in [0.15, 0.2) is 27.8 Å². The summed E-state index contributed by atoms with van der Waals surface area (Å²) in [6, 6.07) is 3.47. The molecule has 1 aromatic heterocycles. The number of aliphatic imine (C=N–C) groups is 1. The van der Waals surface area contributed by atoms with Crippen molar-refractivity contribution < 1.29 is 9.21 Å². The summed E-state index contributed by atoms with van der Waals surface area (Å²) in [5, 5.41) is 3.40. The van der Waals surface area contributed by atoms with Crippen LogP contribution < -0.4 is 5.32 Å². The summed E-state index contributed by atoms with van der Waals surface area (Å²) >= 11 is 0. The molecule has 0 aliphatic carbocycles. The maximum absolute atomic E-state index is 12.4. The maximum atomic E-state index is 12.4. The van der Waals surface area contributed by atoms with Gasteiger partial charge in [-0.1, -0.05) is 0 Å². The van der Waals surface area contributed by atoms with Crippen LogP contribution >= 0.6 is 24.0 Å². The minimum atomic E-state index is -0.0272. The van der Waals surface area contributed by atoms with E-state index in [1.165, 1.54) is 13.0 Å². The molecule has 0 spiro atoms. The molecule has 1 amide bonds. The van der Waals surface area contributed by atoms with E-state index in [4.69, 9.17) is 9.41 Å². The Morgan fingerprint density at radius 3 is 2.58 bits per heavy atom. The van der Waals surface area contributed by atoms with Crippen molar-refractivity contribution >= 4 is 35.8 Å². The predicted octanol–water partition coefficient (Wildman–Crippen LogP) is 1.57. The van der Waals surface area contributed by atoms with E-state index in [-0.39, 0.29) is 29.9 Å². The van der Waals surface area contributed by atoms with Crippen LogP contribution in [0.25, 0.3) is 0 Å². The van der Waals surface area contributed by atoms with E-state index in [9.17, 15) is 4.79 Å². The highest BCUT2D eigenvalue weighted by atomic mass is 127. The second-order valence-corrected chi connectivity index (χ2v) is 6.87. The van der Waals surface area contributed by atoms with E-state index in [1.54, 1.807) is 18.4 Å². The number of carbonyl (C=O) groups excluding carboxylic acids is 1. The molecule has 2 saturated heterocycles. The smallest absolute Gasteiger partial charge is 0.289 e. The number of rotatable bonds is 4. The van der Waals surface area contributed by atoms with Gasteiger partial charge in [0.25, 0.3) is 5.91 Å². The second kappa shape index (κ2) is 10.1. The Balaban J connectivity index is 0.00000243. The van der Waals surface area contributed by atoms with Crippen molar-refractivity contribution in [2.75, 3.05) is 59.4 Å². The molecule has 146 valence electrons. The third kappa shape index (κ3) is 5.35. The Bertz CT molecular complexity index is 584. The number of nitrogens with zero attached hydrogens (tertiary/aromatic N) is 4. The van der Waals surface area contributed by atoms with Gasteiger partial charge >= 0.3 is 0 Å². The van der Waals surface area contributed by atoms with Crippen LogP contribution in [0.3, 0.4) is 0 Å². The first kappa shape index (κ1) is 21.0. The van der Waals surface area contributed by atoms with Gasteiger partial charge in [0.15, 0.2) is 11.7 Å². The number of nitrogens with one attached hydrogen (secondary N) is 1. The molecular weight excluding hydrogens is 445 g/mol. The highest BCUT2D eigenvalue weighted by Gasteiger charge is 2.25. The van der Waals surface area contributed by atoms with Crippen molar-refractivity contribution in [3.8, 4) is 0 Å². The number of likely N-dealkylation sites (tertiary alicyclic amines) is 1. The summed E-state index contributed by atoms with van der Waals surface area (Å²) in [5.74, 6) is 2.02. The van der Waals surface area contributed by atoms with Gasteiger partial charge in [-0.15, -0.1) is 24.0 Å². The Hall–Kier alpha value is -1.29. The van der Waals surface area contributed by atoms with Gasteiger partial charge < -0.3 is 24.4 Å². The van der Waals surface area contributed by atoms with Gasteiger partial charge in [0.05, 0.1) is 6.26 Å². The molecular formula is C18H30IN5O2. The third-order valence-corrected chi connectivity index (χ3v) is 4.92. The molecule has 3 heterocycles. The average Bonchev–Trinajstić information content (AvgIpc) is 3.30. The Morgan fingerprint density at radius 1 is 1.27 bits per heavy atom. The van der Waals surface area contributed by atoms with E-state index in [2.05, 4.69) is 29.1 Å². The lowest BCUT2D eigenvalue weighted by Gasteiger charge is -2.36. The lowest BCUT2D eigenvalue weighted by Crippen LogP contribution is -2.53. The van der Waals surface area contributed by atoms with E-state index in [1.807, 2.05) is 4.90 Å². The van der Waals surface area contributed by atoms with E-state index in [0.29, 0.717) is 24.8 Å². The third-order valence-electron chi connectivity index (χ3n) is 4.92. The average molecular weight is 475 g/mol. The summed E-state index contributed by atoms with van der Waals surface area (Å²) in [6.45, 7) is 9.10. The van der Waals surface area contributed by atoms with Crippen LogP contribution in [0.4, 0.5) is 0 Å². The first-order chi connectivity index (χ1) is 12.2. The fourth-order valence-corrected chi connectivity index (χ4v) is 3.49. The largest absolute Gasteiger partial charge is 0.459 e. The monoisotopic (exact) mass is 475 g/mol. The minimum absolute atomic E-state index is 0. The molecule has 0 radical (unpaired) electrons. The zero-order valence-electron chi connectivity index (χ0n) is 15.7. The molecule has 26 heavy (non-hydrogen) atoms. The van der Waals surface area contributed by atoms with E-state index >= 15 is 0 Å². The number of guanidine groups is 1. The molecule has 2 aliphatic rings. The lowest BCUT2D eigenvalue weighted by atomic mass is 10.1. The molecule has 2 fully saturated rings. The number of hydrogen-bond acceptors (Lipinski definition) is 4. The fraction of sp³-hybridized carbons (Fsp3) is 0.667. The van der Waals surface area contributed by atoms with Gasteiger partial charge in [-0.3, -0.25) is 9.79 Å². The number of furan rings is 1. The highest BCUT2D eigenvalue weighted by Crippen LogP contribution is 2.15. The van der Waals surface area contributed by atoms with Gasteiger partial charge in [0.2, 0.25) is 0 Å². The molecule has 8 heteroatoms. The van der Waals surface area contributed by atoms with Crippen molar-refractivity contribution in [3.05, 3.63) is 24.2 Å². The van der Waals surface area contributed by atoms with Crippen LogP contribution in [-0.4, -0.2) is 86.0 Å². The second-order valence-electron chi connectivity index (χ2n) is 6.87. The molecule has 0 saturated carbocycles. The molecule has 2 aliphatic heterocycles. The SMILES string of the molecule is CCNC(=NCC1CCN(C)C1)N1CCN(C(=O)c2ccco2)CC1.I. The summed E-state index contributed by atoms with van der Waals surface area (Å²) in [7, 11) is 2.17. The van der Waals surface area contributed by atoms with Crippen molar-refractivity contribution in [2.45, 2.75) is 13.3 Å². The van der Waals surface area contributed by atoms with Crippen LogP contribution in [0.5, 0.6) is 0 Å². The van der Waals surface area contributed by atoms with E-state index < -0.39 is 0 Å². The molecule has 1 unspecified atom stereocenters. The molecule has 7 nitrogen and oxygen atoms in total. The maximum Gasteiger partial charge on any atom is 0.289 e. The fourth-order valence-electron chi connectivity index (χ4n) is 3.49. The minimum Gasteiger partial charge on any atom is -0.459 e. The zero-order valence-corrected chi connectivity index (χ0v) is 18.0. The first-order valence-electron chi connectivity index (χ1n) is 9.22. The quantitative estimate of drug-likeness (QED) is 0.407. The summed E-state index contributed by atoms with van der Waals surface area (Å²) in [5.41, 5.74) is 0. The molecule has 1 atom stereocenters. The molecule has 0 bridgehead atoms. The zero-order chi connectivity index (χ0) is 17.6. The van der Waals surface area contributed by atoms with Crippen molar-refractivity contribution in [2.24, 2.45) is 10.9 Å². The normalized spacial score (nSPS) is 21.6. The van der Waals surface area contributed by atoms with Crippen molar-refractivity contribution in [3.63, 3.8) is 0 Å². The number of hydrogen-bond donors (Lipinski definition) is 1.